The zero-order valence-corrected chi connectivity index (χ0v) is 9.94. The van der Waals surface area contributed by atoms with Gasteiger partial charge < -0.3 is 4.90 Å². The van der Waals surface area contributed by atoms with E-state index in [9.17, 15) is 18.0 Å². The van der Waals surface area contributed by atoms with Gasteiger partial charge in [0.2, 0.25) is 0 Å². The Bertz CT molecular complexity index is 439. The minimum absolute atomic E-state index is 0.0422. The van der Waals surface area contributed by atoms with Gasteiger partial charge in [0.1, 0.15) is 0 Å². The predicted octanol–water partition coefficient (Wildman–Crippen LogP) is 3.23. The largest absolute Gasteiger partial charge is 0.452 e. The van der Waals surface area contributed by atoms with Crippen molar-refractivity contribution in [1.82, 2.24) is 4.90 Å². The standard InChI is InChI=1S/C12H12F3NO3/c13-12(14,15)9-3-5-10(6-4-9)18-19-11(17)16-7-1-2-8-16/h3-6H,1-2,7-8H2. The Labute approximate surface area is 107 Å². The van der Waals surface area contributed by atoms with Crippen LogP contribution in [0.3, 0.4) is 0 Å². The molecule has 1 saturated heterocycles. The molecule has 0 aromatic heterocycles. The second-order valence-electron chi connectivity index (χ2n) is 4.15. The van der Waals surface area contributed by atoms with Gasteiger partial charge in [-0.15, -0.1) is 0 Å². The molecule has 104 valence electrons. The highest BCUT2D eigenvalue weighted by Crippen LogP contribution is 2.30. The van der Waals surface area contributed by atoms with Gasteiger partial charge in [0.05, 0.1) is 5.56 Å². The van der Waals surface area contributed by atoms with Crippen LogP contribution in [0.2, 0.25) is 0 Å². The molecule has 1 aromatic carbocycles. The SMILES string of the molecule is O=C(OOc1ccc(C(F)(F)F)cc1)N1CCCC1. The van der Waals surface area contributed by atoms with Crippen molar-refractivity contribution in [1.29, 1.82) is 0 Å². The normalized spacial score (nSPS) is 15.4. The van der Waals surface area contributed by atoms with Crippen molar-refractivity contribution in [2.24, 2.45) is 0 Å². The molecule has 19 heavy (non-hydrogen) atoms. The second-order valence-corrected chi connectivity index (χ2v) is 4.15. The van der Waals surface area contributed by atoms with Crippen LogP contribution in [0.5, 0.6) is 5.75 Å². The van der Waals surface area contributed by atoms with Gasteiger partial charge in [-0.3, -0.25) is 4.89 Å². The first kappa shape index (κ1) is 13.5. The van der Waals surface area contributed by atoms with Gasteiger partial charge in [-0.2, -0.15) is 13.2 Å². The number of benzene rings is 1. The van der Waals surface area contributed by atoms with E-state index >= 15 is 0 Å². The monoisotopic (exact) mass is 275 g/mol. The molecule has 7 heteroatoms. The maximum absolute atomic E-state index is 12.3. The van der Waals surface area contributed by atoms with Crippen molar-refractivity contribution < 1.29 is 27.7 Å². The number of halogens is 3. The first-order chi connectivity index (χ1) is 8.97. The lowest BCUT2D eigenvalue weighted by Gasteiger charge is -2.13. The Hall–Kier alpha value is -1.92. The van der Waals surface area contributed by atoms with Crippen LogP contribution in [0.1, 0.15) is 18.4 Å². The summed E-state index contributed by atoms with van der Waals surface area (Å²) in [6, 6.07) is 3.91. The minimum atomic E-state index is -4.40. The van der Waals surface area contributed by atoms with Gasteiger partial charge in [-0.1, -0.05) is 0 Å². The summed E-state index contributed by atoms with van der Waals surface area (Å²) in [6.07, 6.45) is -3.20. The summed E-state index contributed by atoms with van der Waals surface area (Å²) >= 11 is 0. The van der Waals surface area contributed by atoms with Gasteiger partial charge in [0, 0.05) is 13.1 Å². The molecule has 1 amide bonds. The third kappa shape index (κ3) is 3.52. The third-order valence-corrected chi connectivity index (χ3v) is 2.76. The van der Waals surface area contributed by atoms with Crippen LogP contribution < -0.4 is 4.89 Å². The Morgan fingerprint density at radius 3 is 2.21 bits per heavy atom. The average molecular weight is 275 g/mol. The quantitative estimate of drug-likeness (QED) is 0.614. The molecular weight excluding hydrogens is 263 g/mol. The Morgan fingerprint density at radius 2 is 1.68 bits per heavy atom. The van der Waals surface area contributed by atoms with E-state index in [4.69, 9.17) is 0 Å². The lowest BCUT2D eigenvalue weighted by molar-refractivity contribution is -0.153. The van der Waals surface area contributed by atoms with Gasteiger partial charge in [0.15, 0.2) is 5.75 Å². The van der Waals surface area contributed by atoms with Crippen molar-refractivity contribution in [3.8, 4) is 5.75 Å². The van der Waals surface area contributed by atoms with Crippen LogP contribution >= 0.6 is 0 Å². The summed E-state index contributed by atoms with van der Waals surface area (Å²) < 4.78 is 36.9. The van der Waals surface area contributed by atoms with E-state index in [0.29, 0.717) is 13.1 Å². The van der Waals surface area contributed by atoms with E-state index in [0.717, 1.165) is 37.1 Å². The molecule has 4 nitrogen and oxygen atoms in total. The summed E-state index contributed by atoms with van der Waals surface area (Å²) in [6.45, 7) is 1.21. The summed E-state index contributed by atoms with van der Waals surface area (Å²) in [7, 11) is 0. The molecule has 1 aliphatic rings. The maximum Gasteiger partial charge on any atom is 0.452 e. The number of rotatable bonds is 2. The van der Waals surface area contributed by atoms with E-state index in [1.54, 1.807) is 0 Å². The fraction of sp³-hybridized carbons (Fsp3) is 0.417. The summed E-state index contributed by atoms with van der Waals surface area (Å²) in [5.74, 6) is 0.0422. The molecule has 1 aromatic rings. The predicted molar refractivity (Wildman–Crippen MR) is 59.4 cm³/mol. The minimum Gasteiger partial charge on any atom is -0.305 e. The van der Waals surface area contributed by atoms with E-state index in [1.807, 2.05) is 0 Å². The summed E-state index contributed by atoms with van der Waals surface area (Å²) in [5.41, 5.74) is -0.786. The number of likely N-dealkylation sites (tertiary alicyclic amines) is 1. The van der Waals surface area contributed by atoms with Crippen LogP contribution in [0.15, 0.2) is 24.3 Å². The molecule has 0 N–H and O–H groups in total. The molecule has 0 spiro atoms. The van der Waals surface area contributed by atoms with Gasteiger partial charge in [-0.05, 0) is 37.1 Å². The molecule has 0 radical (unpaired) electrons. The number of alkyl halides is 3. The Balaban J connectivity index is 1.87. The third-order valence-electron chi connectivity index (χ3n) is 2.76. The van der Waals surface area contributed by atoms with Crippen molar-refractivity contribution in [3.63, 3.8) is 0 Å². The molecule has 1 aliphatic heterocycles. The first-order valence-electron chi connectivity index (χ1n) is 5.77. The Kier molecular flexibility index (Phi) is 3.82. The number of hydrogen-bond donors (Lipinski definition) is 0. The van der Waals surface area contributed by atoms with Gasteiger partial charge in [0.25, 0.3) is 0 Å². The lowest BCUT2D eigenvalue weighted by Crippen LogP contribution is -2.29. The Morgan fingerprint density at radius 1 is 1.11 bits per heavy atom. The molecule has 0 atom stereocenters. The van der Waals surface area contributed by atoms with Crippen LogP contribution in [-0.4, -0.2) is 24.1 Å². The van der Waals surface area contributed by atoms with Crippen LogP contribution in [0, 0.1) is 0 Å². The fourth-order valence-corrected chi connectivity index (χ4v) is 1.74. The molecule has 1 fully saturated rings. The molecule has 0 unspecified atom stereocenters. The second kappa shape index (κ2) is 5.38. The van der Waals surface area contributed by atoms with Crippen LogP contribution in [0.4, 0.5) is 18.0 Å². The van der Waals surface area contributed by atoms with Crippen LogP contribution in [-0.2, 0) is 11.1 Å². The highest BCUT2D eigenvalue weighted by atomic mass is 19.4. The van der Waals surface area contributed by atoms with Gasteiger partial charge in [-0.25, -0.2) is 9.68 Å². The molecule has 0 bridgehead atoms. The molecule has 2 rings (SSSR count). The smallest absolute Gasteiger partial charge is 0.305 e. The van der Waals surface area contributed by atoms with Crippen molar-refractivity contribution in [3.05, 3.63) is 29.8 Å². The highest BCUT2D eigenvalue weighted by Gasteiger charge is 2.30. The fourth-order valence-electron chi connectivity index (χ4n) is 1.74. The molecule has 0 saturated carbocycles. The molecule has 0 aliphatic carbocycles. The number of carbonyl (C=O) groups is 1. The summed E-state index contributed by atoms with van der Waals surface area (Å²) in [4.78, 5) is 22.2. The number of hydrogen-bond acceptors (Lipinski definition) is 3. The number of nitrogens with zero attached hydrogens (tertiary/aromatic N) is 1. The first-order valence-corrected chi connectivity index (χ1v) is 5.77. The van der Waals surface area contributed by atoms with E-state index in [2.05, 4.69) is 9.78 Å². The topological polar surface area (TPSA) is 38.8 Å². The summed E-state index contributed by atoms with van der Waals surface area (Å²) in [5, 5.41) is 0. The molecule has 1 heterocycles. The van der Waals surface area contributed by atoms with Crippen LogP contribution in [0.25, 0.3) is 0 Å². The zero-order chi connectivity index (χ0) is 13.9. The average Bonchev–Trinajstić information content (AvgIpc) is 2.89. The highest BCUT2D eigenvalue weighted by molar-refractivity contribution is 5.67. The van der Waals surface area contributed by atoms with E-state index in [1.165, 1.54) is 4.90 Å². The van der Waals surface area contributed by atoms with Gasteiger partial charge >= 0.3 is 12.3 Å². The number of carbonyl (C=O) groups excluding carboxylic acids is 1. The molecular formula is C12H12F3NO3. The number of amides is 1. The zero-order valence-electron chi connectivity index (χ0n) is 9.94. The van der Waals surface area contributed by atoms with Crippen molar-refractivity contribution in [2.45, 2.75) is 19.0 Å². The lowest BCUT2D eigenvalue weighted by atomic mass is 10.2. The van der Waals surface area contributed by atoms with E-state index in [-0.39, 0.29) is 5.75 Å². The van der Waals surface area contributed by atoms with Crippen molar-refractivity contribution in [2.75, 3.05) is 13.1 Å². The van der Waals surface area contributed by atoms with E-state index < -0.39 is 17.8 Å². The van der Waals surface area contributed by atoms with Crippen molar-refractivity contribution >= 4 is 6.09 Å². The maximum atomic E-state index is 12.3.